The summed E-state index contributed by atoms with van der Waals surface area (Å²) in [6.45, 7) is 6.11. The first kappa shape index (κ1) is 11.9. The van der Waals surface area contributed by atoms with Crippen molar-refractivity contribution in [3.05, 3.63) is 0 Å². The van der Waals surface area contributed by atoms with Gasteiger partial charge in [-0.15, -0.1) is 0 Å². The fourth-order valence-corrected chi connectivity index (χ4v) is 3.23. The normalized spacial score (nSPS) is 39.4. The predicted molar refractivity (Wildman–Crippen MR) is 61.1 cm³/mol. The highest BCUT2D eigenvalue weighted by Crippen LogP contribution is 2.42. The first-order valence-electron chi connectivity index (χ1n) is 6.39. The van der Waals surface area contributed by atoms with Crippen LogP contribution >= 0.6 is 0 Å². The molecule has 0 aromatic carbocycles. The number of fused-ring (bicyclic) bond motifs is 2. The lowest BCUT2D eigenvalue weighted by Crippen LogP contribution is -2.41. The van der Waals surface area contributed by atoms with E-state index in [9.17, 15) is 4.79 Å². The molecule has 3 atom stereocenters. The van der Waals surface area contributed by atoms with Crippen molar-refractivity contribution in [2.75, 3.05) is 0 Å². The van der Waals surface area contributed by atoms with E-state index in [0.29, 0.717) is 0 Å². The highest BCUT2D eigenvalue weighted by atomic mass is 16.6. The summed E-state index contributed by atoms with van der Waals surface area (Å²) < 4.78 is 11.5. The molecule has 1 aliphatic heterocycles. The largest absolute Gasteiger partial charge is 0.462 e. The van der Waals surface area contributed by atoms with Crippen LogP contribution in [0, 0.1) is 5.92 Å². The van der Waals surface area contributed by atoms with Gasteiger partial charge >= 0.3 is 5.97 Å². The van der Waals surface area contributed by atoms with Gasteiger partial charge < -0.3 is 9.47 Å². The SMILES string of the molecule is CC(C)OC12CCCC(C1)C(=O)OC(C)C2. The number of ether oxygens (including phenoxy) is 2. The smallest absolute Gasteiger partial charge is 0.309 e. The number of cyclic esters (lactones) is 1. The highest BCUT2D eigenvalue weighted by Gasteiger charge is 2.45. The first-order chi connectivity index (χ1) is 7.51. The lowest BCUT2D eigenvalue weighted by Gasteiger charge is -2.39. The molecule has 3 heteroatoms. The molecule has 1 saturated carbocycles. The van der Waals surface area contributed by atoms with Gasteiger partial charge in [0, 0.05) is 6.42 Å². The topological polar surface area (TPSA) is 35.5 Å². The van der Waals surface area contributed by atoms with Crippen LogP contribution in [0.4, 0.5) is 0 Å². The van der Waals surface area contributed by atoms with Crippen LogP contribution < -0.4 is 0 Å². The van der Waals surface area contributed by atoms with Crippen molar-refractivity contribution in [2.24, 2.45) is 5.92 Å². The van der Waals surface area contributed by atoms with Gasteiger partial charge in [-0.3, -0.25) is 4.79 Å². The Hall–Kier alpha value is -0.570. The van der Waals surface area contributed by atoms with Crippen LogP contribution in [-0.2, 0) is 14.3 Å². The van der Waals surface area contributed by atoms with Crippen LogP contribution in [0.2, 0.25) is 0 Å². The molecule has 2 rings (SSSR count). The van der Waals surface area contributed by atoms with Gasteiger partial charge in [-0.1, -0.05) is 0 Å². The average Bonchev–Trinajstić information content (AvgIpc) is 2.21. The molecular weight excluding hydrogens is 204 g/mol. The minimum Gasteiger partial charge on any atom is -0.462 e. The standard InChI is InChI=1S/C13H22O3/c1-9(2)16-13-6-4-5-11(8-13)12(14)15-10(3)7-13/h9-11H,4-8H2,1-3H3. The van der Waals surface area contributed by atoms with Crippen LogP contribution in [0.1, 0.15) is 52.9 Å². The Bertz CT molecular complexity index is 274. The number of hydrogen-bond acceptors (Lipinski definition) is 3. The lowest BCUT2D eigenvalue weighted by atomic mass is 9.76. The third-order valence-corrected chi connectivity index (χ3v) is 3.60. The molecule has 3 unspecified atom stereocenters. The van der Waals surface area contributed by atoms with E-state index in [2.05, 4.69) is 13.8 Å². The number of carbonyl (C=O) groups is 1. The van der Waals surface area contributed by atoms with Crippen molar-refractivity contribution in [1.29, 1.82) is 0 Å². The minimum atomic E-state index is -0.108. The summed E-state index contributed by atoms with van der Waals surface area (Å²) in [7, 11) is 0. The number of carbonyl (C=O) groups excluding carboxylic acids is 1. The molecular formula is C13H22O3. The van der Waals surface area contributed by atoms with Gasteiger partial charge in [0.1, 0.15) is 6.10 Å². The Morgan fingerprint density at radius 1 is 1.44 bits per heavy atom. The Morgan fingerprint density at radius 3 is 2.88 bits per heavy atom. The molecule has 0 radical (unpaired) electrons. The van der Waals surface area contributed by atoms with Crippen molar-refractivity contribution >= 4 is 5.97 Å². The van der Waals surface area contributed by atoms with Gasteiger partial charge in [0.05, 0.1) is 17.6 Å². The van der Waals surface area contributed by atoms with Crippen LogP contribution in [0.5, 0.6) is 0 Å². The third-order valence-electron chi connectivity index (χ3n) is 3.60. The van der Waals surface area contributed by atoms with Gasteiger partial charge in [-0.25, -0.2) is 0 Å². The number of hydrogen-bond donors (Lipinski definition) is 0. The van der Waals surface area contributed by atoms with E-state index >= 15 is 0 Å². The summed E-state index contributed by atoms with van der Waals surface area (Å²) in [6, 6.07) is 0. The van der Waals surface area contributed by atoms with E-state index in [4.69, 9.17) is 9.47 Å². The van der Waals surface area contributed by atoms with Crippen molar-refractivity contribution in [3.63, 3.8) is 0 Å². The summed E-state index contributed by atoms with van der Waals surface area (Å²) in [5, 5.41) is 0. The molecule has 16 heavy (non-hydrogen) atoms. The second kappa shape index (κ2) is 4.36. The highest BCUT2D eigenvalue weighted by molar-refractivity contribution is 5.73. The Kier molecular flexibility index (Phi) is 3.24. The molecule has 2 aliphatic rings. The number of rotatable bonds is 2. The molecule has 0 spiro atoms. The molecule has 3 nitrogen and oxygen atoms in total. The Balaban J connectivity index is 2.18. The second-order valence-corrected chi connectivity index (χ2v) is 5.59. The fourth-order valence-electron chi connectivity index (χ4n) is 3.23. The quantitative estimate of drug-likeness (QED) is 0.679. The maximum atomic E-state index is 11.8. The lowest BCUT2D eigenvalue weighted by molar-refractivity contribution is -0.152. The van der Waals surface area contributed by atoms with Gasteiger partial charge in [0.15, 0.2) is 0 Å². The molecule has 0 N–H and O–H groups in total. The average molecular weight is 226 g/mol. The van der Waals surface area contributed by atoms with Gasteiger partial charge in [-0.05, 0) is 46.5 Å². The van der Waals surface area contributed by atoms with Crippen molar-refractivity contribution < 1.29 is 14.3 Å². The van der Waals surface area contributed by atoms with Gasteiger partial charge in [0.25, 0.3) is 0 Å². The summed E-state index contributed by atoms with van der Waals surface area (Å²) in [4.78, 5) is 11.8. The van der Waals surface area contributed by atoms with E-state index in [-0.39, 0.29) is 29.7 Å². The molecule has 1 aliphatic carbocycles. The van der Waals surface area contributed by atoms with E-state index in [1.807, 2.05) is 6.92 Å². The van der Waals surface area contributed by atoms with E-state index < -0.39 is 0 Å². The van der Waals surface area contributed by atoms with Crippen molar-refractivity contribution in [2.45, 2.75) is 70.7 Å². The van der Waals surface area contributed by atoms with E-state index in [1.54, 1.807) is 0 Å². The summed E-state index contributed by atoms with van der Waals surface area (Å²) in [6.07, 6.45) is 5.05. The van der Waals surface area contributed by atoms with E-state index in [0.717, 1.165) is 32.1 Å². The Morgan fingerprint density at radius 2 is 2.19 bits per heavy atom. The zero-order valence-electron chi connectivity index (χ0n) is 10.5. The Labute approximate surface area is 97.5 Å². The molecule has 0 aromatic rings. The third kappa shape index (κ3) is 2.40. The van der Waals surface area contributed by atoms with Crippen LogP contribution in [-0.4, -0.2) is 23.8 Å². The summed E-state index contributed by atoms with van der Waals surface area (Å²) in [5.41, 5.74) is -0.108. The van der Waals surface area contributed by atoms with Gasteiger partial charge in [-0.2, -0.15) is 0 Å². The van der Waals surface area contributed by atoms with Crippen molar-refractivity contribution in [1.82, 2.24) is 0 Å². The summed E-state index contributed by atoms with van der Waals surface area (Å²) >= 11 is 0. The van der Waals surface area contributed by atoms with Crippen LogP contribution in [0.3, 0.4) is 0 Å². The second-order valence-electron chi connectivity index (χ2n) is 5.59. The summed E-state index contributed by atoms with van der Waals surface area (Å²) in [5.74, 6) is 0.0545. The zero-order chi connectivity index (χ0) is 11.8. The molecule has 2 bridgehead atoms. The van der Waals surface area contributed by atoms with Crippen molar-refractivity contribution in [3.8, 4) is 0 Å². The van der Waals surface area contributed by atoms with E-state index in [1.165, 1.54) is 0 Å². The van der Waals surface area contributed by atoms with Crippen LogP contribution in [0.15, 0.2) is 0 Å². The maximum absolute atomic E-state index is 11.8. The minimum absolute atomic E-state index is 0.00523. The maximum Gasteiger partial charge on any atom is 0.309 e. The molecule has 92 valence electrons. The zero-order valence-corrected chi connectivity index (χ0v) is 10.5. The molecule has 0 amide bonds. The molecule has 2 fully saturated rings. The first-order valence-corrected chi connectivity index (χ1v) is 6.39. The molecule has 1 saturated heterocycles. The van der Waals surface area contributed by atoms with Crippen LogP contribution in [0.25, 0.3) is 0 Å². The fraction of sp³-hybridized carbons (Fsp3) is 0.923. The molecule has 1 heterocycles. The monoisotopic (exact) mass is 226 g/mol. The predicted octanol–water partition coefficient (Wildman–Crippen LogP) is 2.68. The molecule has 0 aromatic heterocycles. The van der Waals surface area contributed by atoms with Gasteiger partial charge in [0.2, 0.25) is 0 Å². The number of esters is 1.